The van der Waals surface area contributed by atoms with Crippen LogP contribution in [0.2, 0.25) is 0 Å². The summed E-state index contributed by atoms with van der Waals surface area (Å²) >= 11 is 1.17. The fraction of sp³-hybridized carbons (Fsp3) is 0.526. The molecule has 0 aliphatic rings. The van der Waals surface area contributed by atoms with Gasteiger partial charge in [-0.05, 0) is 11.6 Å². The molecule has 0 fully saturated rings. The van der Waals surface area contributed by atoms with Gasteiger partial charge in [0.2, 0.25) is 0 Å². The molecule has 0 spiro atoms. The zero-order valence-electron chi connectivity index (χ0n) is 16.0. The van der Waals surface area contributed by atoms with Crippen molar-refractivity contribution in [3.05, 3.63) is 29.8 Å². The first-order valence-electron chi connectivity index (χ1n) is 8.15. The summed E-state index contributed by atoms with van der Waals surface area (Å²) in [7, 11) is 3.89. The van der Waals surface area contributed by atoms with E-state index in [9.17, 15) is 14.4 Å². The lowest BCUT2D eigenvalue weighted by molar-refractivity contribution is -0.160. The second kappa shape index (κ2) is 9.62. The van der Waals surface area contributed by atoms with E-state index >= 15 is 0 Å². The van der Waals surface area contributed by atoms with Crippen molar-refractivity contribution in [2.45, 2.75) is 37.9 Å². The molecule has 1 rings (SSSR count). The minimum atomic E-state index is -1.26. The third kappa shape index (κ3) is 6.05. The van der Waals surface area contributed by atoms with Crippen LogP contribution in [-0.2, 0) is 23.9 Å². The van der Waals surface area contributed by atoms with Crippen LogP contribution in [0.25, 0.3) is 0 Å². The average molecular weight is 382 g/mol. The van der Waals surface area contributed by atoms with Gasteiger partial charge in [-0.25, -0.2) is 0 Å². The van der Waals surface area contributed by atoms with Crippen molar-refractivity contribution in [3.8, 4) is 5.75 Å². The highest BCUT2D eigenvalue weighted by atomic mass is 32.2. The van der Waals surface area contributed by atoms with Gasteiger partial charge in [0.1, 0.15) is 5.75 Å². The van der Waals surface area contributed by atoms with Crippen molar-refractivity contribution in [1.29, 1.82) is 0 Å². The van der Waals surface area contributed by atoms with E-state index in [4.69, 9.17) is 14.2 Å². The lowest BCUT2D eigenvalue weighted by atomic mass is 9.83. The van der Waals surface area contributed by atoms with Gasteiger partial charge in [-0.1, -0.05) is 50.7 Å². The van der Waals surface area contributed by atoms with E-state index in [0.29, 0.717) is 11.3 Å². The number of rotatable bonds is 7. The van der Waals surface area contributed by atoms with E-state index in [2.05, 4.69) is 0 Å². The molecule has 0 aliphatic heterocycles. The van der Waals surface area contributed by atoms with E-state index in [0.717, 1.165) is 0 Å². The van der Waals surface area contributed by atoms with Gasteiger partial charge in [-0.15, -0.1) is 0 Å². The standard InChI is InChI=1S/C19H26O6S/c1-19(2,3)26-15(20)11-13(12-9-7-8-10-14(12)23-4)16(17(21)24-5)18(22)25-6/h7-10,13,16H,11H2,1-6H3/t13-/m1/s1. The molecule has 0 saturated carbocycles. The van der Waals surface area contributed by atoms with Gasteiger partial charge >= 0.3 is 11.9 Å². The van der Waals surface area contributed by atoms with E-state index in [1.807, 2.05) is 20.8 Å². The van der Waals surface area contributed by atoms with Gasteiger partial charge in [-0.2, -0.15) is 0 Å². The Balaban J connectivity index is 3.37. The zero-order valence-corrected chi connectivity index (χ0v) is 16.8. The summed E-state index contributed by atoms with van der Waals surface area (Å²) in [6.07, 6.45) is -0.0306. The number of methoxy groups -OCH3 is 3. The summed E-state index contributed by atoms with van der Waals surface area (Å²) in [6.45, 7) is 5.77. The van der Waals surface area contributed by atoms with Crippen molar-refractivity contribution >= 4 is 28.8 Å². The Morgan fingerprint density at radius 1 is 1.00 bits per heavy atom. The van der Waals surface area contributed by atoms with Gasteiger partial charge < -0.3 is 14.2 Å². The summed E-state index contributed by atoms with van der Waals surface area (Å²) < 4.78 is 14.7. The van der Waals surface area contributed by atoms with E-state index in [1.54, 1.807) is 24.3 Å². The molecule has 1 aromatic rings. The Hall–Kier alpha value is -2.02. The van der Waals surface area contributed by atoms with Crippen LogP contribution in [-0.4, -0.2) is 43.1 Å². The normalized spacial score (nSPS) is 12.4. The molecule has 144 valence electrons. The molecule has 7 heteroatoms. The summed E-state index contributed by atoms with van der Waals surface area (Å²) in [5, 5.41) is -0.133. The molecule has 0 bridgehead atoms. The molecular formula is C19H26O6S. The lowest BCUT2D eigenvalue weighted by Gasteiger charge is -2.26. The minimum Gasteiger partial charge on any atom is -0.496 e. The molecular weight excluding hydrogens is 356 g/mol. The predicted octanol–water partition coefficient (Wildman–Crippen LogP) is 3.19. The summed E-state index contributed by atoms with van der Waals surface area (Å²) in [4.78, 5) is 37.2. The summed E-state index contributed by atoms with van der Waals surface area (Å²) in [6, 6.07) is 6.99. The van der Waals surface area contributed by atoms with Crippen LogP contribution >= 0.6 is 11.8 Å². The van der Waals surface area contributed by atoms with Crippen LogP contribution in [0, 0.1) is 5.92 Å². The van der Waals surface area contributed by atoms with E-state index in [1.165, 1.54) is 33.1 Å². The molecule has 6 nitrogen and oxygen atoms in total. The number of thioether (sulfide) groups is 1. The maximum Gasteiger partial charge on any atom is 0.320 e. The fourth-order valence-corrected chi connectivity index (χ4v) is 3.57. The third-order valence-electron chi connectivity index (χ3n) is 3.66. The number of carbonyl (C=O) groups excluding carboxylic acids is 3. The topological polar surface area (TPSA) is 78.9 Å². The van der Waals surface area contributed by atoms with Crippen molar-refractivity contribution < 1.29 is 28.6 Å². The highest BCUT2D eigenvalue weighted by molar-refractivity contribution is 8.14. The molecule has 0 aliphatic carbocycles. The van der Waals surface area contributed by atoms with Crippen LogP contribution in [0.1, 0.15) is 38.7 Å². The van der Waals surface area contributed by atoms with Gasteiger partial charge in [0.25, 0.3) is 0 Å². The van der Waals surface area contributed by atoms with Crippen molar-refractivity contribution in [2.75, 3.05) is 21.3 Å². The first-order chi connectivity index (χ1) is 12.1. The molecule has 0 heterocycles. The van der Waals surface area contributed by atoms with Crippen LogP contribution in [0.4, 0.5) is 0 Å². The van der Waals surface area contributed by atoms with E-state index in [-0.39, 0.29) is 16.3 Å². The predicted molar refractivity (Wildman–Crippen MR) is 100 cm³/mol. The number of hydrogen-bond donors (Lipinski definition) is 0. The second-order valence-corrected chi connectivity index (χ2v) is 8.55. The maximum atomic E-state index is 12.6. The lowest BCUT2D eigenvalue weighted by Crippen LogP contribution is -2.33. The highest BCUT2D eigenvalue weighted by Crippen LogP contribution is 2.38. The number of para-hydroxylation sites is 1. The molecule has 0 N–H and O–H groups in total. The van der Waals surface area contributed by atoms with Crippen LogP contribution in [0.15, 0.2) is 24.3 Å². The molecule has 26 heavy (non-hydrogen) atoms. The maximum absolute atomic E-state index is 12.6. The fourth-order valence-electron chi connectivity index (χ4n) is 2.62. The molecule has 0 aromatic heterocycles. The second-order valence-electron chi connectivity index (χ2n) is 6.66. The quantitative estimate of drug-likeness (QED) is 0.529. The molecule has 0 amide bonds. The minimum absolute atomic E-state index is 0.0306. The number of hydrogen-bond acceptors (Lipinski definition) is 7. The molecule has 0 radical (unpaired) electrons. The Morgan fingerprint density at radius 3 is 2.00 bits per heavy atom. The zero-order chi connectivity index (χ0) is 19.9. The highest BCUT2D eigenvalue weighted by Gasteiger charge is 2.40. The van der Waals surface area contributed by atoms with Gasteiger partial charge in [0.15, 0.2) is 11.0 Å². The average Bonchev–Trinajstić information content (AvgIpc) is 2.58. The Morgan fingerprint density at radius 2 is 1.54 bits per heavy atom. The Labute approximate surface area is 158 Å². The first-order valence-corrected chi connectivity index (χ1v) is 8.96. The molecule has 0 unspecified atom stereocenters. The van der Waals surface area contributed by atoms with Crippen LogP contribution < -0.4 is 4.74 Å². The van der Waals surface area contributed by atoms with Crippen LogP contribution in [0.3, 0.4) is 0 Å². The third-order valence-corrected chi connectivity index (χ3v) is 4.66. The Bertz CT molecular complexity index is 634. The van der Waals surface area contributed by atoms with Gasteiger partial charge in [0.05, 0.1) is 21.3 Å². The van der Waals surface area contributed by atoms with E-state index < -0.39 is 23.8 Å². The number of esters is 2. The van der Waals surface area contributed by atoms with Crippen molar-refractivity contribution in [1.82, 2.24) is 0 Å². The van der Waals surface area contributed by atoms with Crippen molar-refractivity contribution in [3.63, 3.8) is 0 Å². The molecule has 1 aromatic carbocycles. The largest absolute Gasteiger partial charge is 0.496 e. The SMILES string of the molecule is COC(=O)C(C(=O)OC)[C@H](CC(=O)SC(C)(C)C)c1ccccc1OC. The molecule has 0 saturated heterocycles. The van der Waals surface area contributed by atoms with Gasteiger partial charge in [0, 0.05) is 17.1 Å². The first kappa shape index (κ1) is 22.0. The van der Waals surface area contributed by atoms with Crippen LogP contribution in [0.5, 0.6) is 5.75 Å². The molecule has 1 atom stereocenters. The number of carbonyl (C=O) groups is 3. The number of ether oxygens (including phenoxy) is 3. The van der Waals surface area contributed by atoms with Crippen molar-refractivity contribution in [2.24, 2.45) is 5.92 Å². The summed E-state index contributed by atoms with van der Waals surface area (Å²) in [5.74, 6) is -3.02. The Kier molecular flexibility index (Phi) is 8.14. The monoisotopic (exact) mass is 382 g/mol. The number of benzene rings is 1. The van der Waals surface area contributed by atoms with Gasteiger partial charge in [-0.3, -0.25) is 14.4 Å². The smallest absolute Gasteiger partial charge is 0.320 e. The summed E-state index contributed by atoms with van der Waals surface area (Å²) in [5.41, 5.74) is 0.582.